The number of carbonyl (C=O) groups excluding carboxylic acids is 1. The molecule has 1 heterocycles. The standard InChI is InChI=1S/C71H119NO8/c1-3-5-7-9-11-13-15-17-19-21-23-25-27-29-31-32-33-34-35-37-39-41-43-45-47-49-51-53-55-57-59-61-67(75)72-64(63-79-71-70(78)69(77)68(76)66(62-73)80-71)65(74)60-58-56-54-52-50-48-46-44-42-40-38-36-30-28-26-24-22-20-18-16-14-12-10-8-6-4-2/h5,7,11,13,17,19,23,25,29,31,33-34,37,39,43,45,49-52,58,60,64-66,68-71,73-74,76-78H,3-4,6,8-10,12,14-16,18,20-22,24,26-28,30,32,35-36,38,40-42,44,46-48,53-57,59,61-63H2,1-2H3,(H,72,75)/b7-5-,13-11-,19-17-,25-23-,31-29-,34-33-,39-37-,45-43-,51-49-,52-50+,60-58+. The molecule has 1 saturated heterocycles. The monoisotopic (exact) mass is 1110 g/mol. The van der Waals surface area contributed by atoms with Gasteiger partial charge in [0, 0.05) is 6.42 Å². The van der Waals surface area contributed by atoms with Gasteiger partial charge in [0.15, 0.2) is 6.29 Å². The molecule has 1 amide bonds. The van der Waals surface area contributed by atoms with Crippen molar-refractivity contribution in [3.8, 4) is 0 Å². The average Bonchev–Trinajstić information content (AvgIpc) is 3.46. The summed E-state index contributed by atoms with van der Waals surface area (Å²) in [5, 5.41) is 54.6. The Hall–Kier alpha value is -3.67. The van der Waals surface area contributed by atoms with Crippen molar-refractivity contribution in [3.63, 3.8) is 0 Å². The first-order valence-electron chi connectivity index (χ1n) is 32.4. The number of hydrogen-bond acceptors (Lipinski definition) is 8. The van der Waals surface area contributed by atoms with E-state index < -0.39 is 49.5 Å². The maximum Gasteiger partial charge on any atom is 0.220 e. The second-order valence-electron chi connectivity index (χ2n) is 21.8. The lowest BCUT2D eigenvalue weighted by molar-refractivity contribution is -0.302. The Balaban J connectivity index is 2.26. The fourth-order valence-electron chi connectivity index (χ4n) is 9.40. The molecular formula is C71H119NO8. The van der Waals surface area contributed by atoms with Gasteiger partial charge in [-0.05, 0) is 103 Å². The van der Waals surface area contributed by atoms with Crippen molar-refractivity contribution in [3.05, 3.63) is 134 Å². The first kappa shape index (κ1) is 74.3. The summed E-state index contributed by atoms with van der Waals surface area (Å²) in [6.45, 7) is 3.64. The number of ether oxygens (including phenoxy) is 2. The molecule has 1 fully saturated rings. The molecule has 0 bridgehead atoms. The van der Waals surface area contributed by atoms with E-state index >= 15 is 0 Å². The first-order chi connectivity index (χ1) is 39.3. The van der Waals surface area contributed by atoms with Crippen LogP contribution in [0.25, 0.3) is 0 Å². The molecule has 456 valence electrons. The largest absolute Gasteiger partial charge is 0.394 e. The SMILES string of the molecule is CC/C=C\C/C=C\C/C=C\C/C=C\C/C=C\C/C=C\C/C=C\C/C=C\C/C=C\CCCCCC(=O)NC(COC1OC(CO)C(O)C(O)C1O)C(O)/C=C/CC/C=C/CCCCCCCCCCCCCCCCCCCCCC. The third kappa shape index (κ3) is 46.9. The Morgan fingerprint density at radius 3 is 1.20 bits per heavy atom. The number of rotatable bonds is 54. The van der Waals surface area contributed by atoms with Gasteiger partial charge in [0.05, 0.1) is 25.4 Å². The van der Waals surface area contributed by atoms with Gasteiger partial charge < -0.3 is 40.3 Å². The fourth-order valence-corrected chi connectivity index (χ4v) is 9.40. The number of allylic oxidation sites excluding steroid dienone is 21. The second-order valence-corrected chi connectivity index (χ2v) is 21.8. The van der Waals surface area contributed by atoms with Crippen molar-refractivity contribution in [2.24, 2.45) is 0 Å². The van der Waals surface area contributed by atoms with E-state index in [2.05, 4.69) is 141 Å². The lowest BCUT2D eigenvalue weighted by Crippen LogP contribution is -2.60. The van der Waals surface area contributed by atoms with Gasteiger partial charge in [-0.1, -0.05) is 276 Å². The summed E-state index contributed by atoms with van der Waals surface area (Å²) in [6.07, 6.45) is 82.5. The van der Waals surface area contributed by atoms with Crippen LogP contribution in [0.3, 0.4) is 0 Å². The van der Waals surface area contributed by atoms with Gasteiger partial charge in [0.2, 0.25) is 5.91 Å². The summed E-state index contributed by atoms with van der Waals surface area (Å²) in [6, 6.07) is -0.852. The van der Waals surface area contributed by atoms with E-state index in [9.17, 15) is 30.3 Å². The van der Waals surface area contributed by atoms with E-state index in [0.717, 1.165) is 96.3 Å². The van der Waals surface area contributed by atoms with Crippen LogP contribution in [0.4, 0.5) is 0 Å². The van der Waals surface area contributed by atoms with Crippen LogP contribution in [0.2, 0.25) is 0 Å². The molecule has 6 N–H and O–H groups in total. The highest BCUT2D eigenvalue weighted by Crippen LogP contribution is 2.23. The second kappa shape index (κ2) is 58.5. The van der Waals surface area contributed by atoms with E-state index in [0.29, 0.717) is 6.42 Å². The molecule has 1 rings (SSSR count). The van der Waals surface area contributed by atoms with Crippen molar-refractivity contribution < 1.29 is 39.8 Å². The highest BCUT2D eigenvalue weighted by Gasteiger charge is 2.44. The molecule has 80 heavy (non-hydrogen) atoms. The van der Waals surface area contributed by atoms with Crippen molar-refractivity contribution in [2.75, 3.05) is 13.2 Å². The van der Waals surface area contributed by atoms with Crippen LogP contribution in [0.5, 0.6) is 0 Å². The van der Waals surface area contributed by atoms with Gasteiger partial charge in [-0.2, -0.15) is 0 Å². The molecule has 0 spiro atoms. The Labute approximate surface area is 490 Å². The maximum absolute atomic E-state index is 13.1. The first-order valence-corrected chi connectivity index (χ1v) is 32.4. The summed E-state index contributed by atoms with van der Waals surface area (Å²) >= 11 is 0. The molecule has 0 aromatic heterocycles. The van der Waals surface area contributed by atoms with E-state index in [1.807, 2.05) is 6.08 Å². The van der Waals surface area contributed by atoms with Crippen molar-refractivity contribution in [1.29, 1.82) is 0 Å². The summed E-state index contributed by atoms with van der Waals surface area (Å²) in [7, 11) is 0. The topological polar surface area (TPSA) is 149 Å². The van der Waals surface area contributed by atoms with E-state index in [1.165, 1.54) is 128 Å². The fraction of sp³-hybridized carbons (Fsp3) is 0.676. The van der Waals surface area contributed by atoms with Crippen molar-refractivity contribution in [1.82, 2.24) is 5.32 Å². The van der Waals surface area contributed by atoms with Crippen LogP contribution in [-0.2, 0) is 14.3 Å². The average molecular weight is 1110 g/mol. The smallest absolute Gasteiger partial charge is 0.220 e. The summed E-state index contributed by atoms with van der Waals surface area (Å²) < 4.78 is 11.3. The normalized spacial score (nSPS) is 19.4. The predicted molar refractivity (Wildman–Crippen MR) is 340 cm³/mol. The predicted octanol–water partition coefficient (Wildman–Crippen LogP) is 17.2. The summed E-state index contributed by atoms with van der Waals surface area (Å²) in [4.78, 5) is 13.1. The molecule has 7 unspecified atom stereocenters. The molecule has 0 saturated carbocycles. The van der Waals surface area contributed by atoms with Crippen LogP contribution in [0, 0.1) is 0 Å². The summed E-state index contributed by atoms with van der Waals surface area (Å²) in [5.41, 5.74) is 0. The Morgan fingerprint density at radius 1 is 0.438 bits per heavy atom. The Morgan fingerprint density at radius 2 is 0.787 bits per heavy atom. The Bertz CT molecular complexity index is 1720. The zero-order chi connectivity index (χ0) is 57.9. The number of unbranched alkanes of at least 4 members (excludes halogenated alkanes) is 24. The molecule has 0 aliphatic carbocycles. The van der Waals surface area contributed by atoms with E-state index in [-0.39, 0.29) is 18.9 Å². The van der Waals surface area contributed by atoms with Crippen LogP contribution in [0.15, 0.2) is 134 Å². The zero-order valence-corrected chi connectivity index (χ0v) is 50.8. The number of amides is 1. The third-order valence-electron chi connectivity index (χ3n) is 14.5. The Kier molecular flexibility index (Phi) is 54.4. The highest BCUT2D eigenvalue weighted by molar-refractivity contribution is 5.76. The number of aliphatic hydroxyl groups is 5. The third-order valence-corrected chi connectivity index (χ3v) is 14.5. The van der Waals surface area contributed by atoms with Crippen LogP contribution in [-0.4, -0.2) is 87.5 Å². The molecular weight excluding hydrogens is 995 g/mol. The van der Waals surface area contributed by atoms with E-state index in [4.69, 9.17) is 9.47 Å². The van der Waals surface area contributed by atoms with Crippen LogP contribution >= 0.6 is 0 Å². The lowest BCUT2D eigenvalue weighted by Gasteiger charge is -2.40. The van der Waals surface area contributed by atoms with Gasteiger partial charge in [-0.15, -0.1) is 0 Å². The molecule has 0 radical (unpaired) electrons. The highest BCUT2D eigenvalue weighted by atomic mass is 16.7. The molecule has 7 atom stereocenters. The van der Waals surface area contributed by atoms with Gasteiger partial charge in [-0.3, -0.25) is 4.79 Å². The van der Waals surface area contributed by atoms with Crippen molar-refractivity contribution >= 4 is 5.91 Å². The van der Waals surface area contributed by atoms with Gasteiger partial charge in [0.1, 0.15) is 24.4 Å². The molecule has 0 aromatic carbocycles. The van der Waals surface area contributed by atoms with Crippen LogP contribution < -0.4 is 5.32 Å². The molecule has 1 aliphatic heterocycles. The molecule has 9 heteroatoms. The van der Waals surface area contributed by atoms with Gasteiger partial charge in [0.25, 0.3) is 0 Å². The van der Waals surface area contributed by atoms with Gasteiger partial charge in [-0.25, -0.2) is 0 Å². The van der Waals surface area contributed by atoms with Crippen molar-refractivity contribution in [2.45, 2.75) is 294 Å². The number of aliphatic hydroxyl groups excluding tert-OH is 5. The minimum atomic E-state index is -1.59. The zero-order valence-electron chi connectivity index (χ0n) is 50.8. The lowest BCUT2D eigenvalue weighted by atomic mass is 9.99. The maximum atomic E-state index is 13.1. The number of carbonyl (C=O) groups is 1. The number of nitrogens with one attached hydrogen (secondary N) is 1. The minimum Gasteiger partial charge on any atom is -0.394 e. The molecule has 1 aliphatic rings. The number of hydrogen-bond donors (Lipinski definition) is 6. The quantitative estimate of drug-likeness (QED) is 0.0261. The summed E-state index contributed by atoms with van der Waals surface area (Å²) in [5.74, 6) is -0.222. The molecule has 0 aromatic rings. The van der Waals surface area contributed by atoms with Crippen LogP contribution in [0.1, 0.15) is 251 Å². The molecule has 9 nitrogen and oxygen atoms in total. The minimum absolute atomic E-state index is 0.222. The van der Waals surface area contributed by atoms with E-state index in [1.54, 1.807) is 6.08 Å². The van der Waals surface area contributed by atoms with Gasteiger partial charge >= 0.3 is 0 Å².